The zero-order chi connectivity index (χ0) is 23.9. The molecule has 0 aromatic heterocycles. The average molecular weight is 467 g/mol. The number of aryl methyl sites for hydroxylation is 1. The molecule has 2 aromatic rings. The van der Waals surface area contributed by atoms with Crippen molar-refractivity contribution in [3.05, 3.63) is 77.9 Å². The third kappa shape index (κ3) is 7.86. The van der Waals surface area contributed by atoms with E-state index in [1.807, 2.05) is 36.4 Å². The SMILES string of the molecule is CC(C)(C)[Si](C)(C)O[C@@H](CCc1ccc(OCc2ccccc2)cc1)C[C@H]1CC=CC(=O)O1. The Hall–Kier alpha value is -2.37. The first kappa shape index (κ1) is 25.3. The summed E-state index contributed by atoms with van der Waals surface area (Å²) >= 11 is 0. The largest absolute Gasteiger partial charge is 0.489 e. The van der Waals surface area contributed by atoms with Gasteiger partial charge < -0.3 is 13.9 Å². The second kappa shape index (κ2) is 11.2. The minimum atomic E-state index is -1.94. The number of hydrogen-bond acceptors (Lipinski definition) is 4. The number of rotatable bonds is 10. The molecular weight excluding hydrogens is 428 g/mol. The lowest BCUT2D eigenvalue weighted by atomic mass is 10.0. The molecule has 1 aliphatic rings. The van der Waals surface area contributed by atoms with Crippen LogP contribution in [0, 0.1) is 0 Å². The second-order valence-corrected chi connectivity index (χ2v) is 15.1. The first-order valence-electron chi connectivity index (χ1n) is 11.9. The summed E-state index contributed by atoms with van der Waals surface area (Å²) in [5, 5.41) is 0.131. The van der Waals surface area contributed by atoms with Gasteiger partial charge in [0.15, 0.2) is 8.32 Å². The number of carbonyl (C=O) groups excluding carboxylic acids is 1. The number of esters is 1. The van der Waals surface area contributed by atoms with Gasteiger partial charge in [-0.25, -0.2) is 4.79 Å². The molecule has 1 aliphatic heterocycles. The van der Waals surface area contributed by atoms with Crippen molar-refractivity contribution in [1.29, 1.82) is 0 Å². The maximum absolute atomic E-state index is 11.7. The van der Waals surface area contributed by atoms with E-state index >= 15 is 0 Å². The molecule has 0 N–H and O–H groups in total. The van der Waals surface area contributed by atoms with E-state index in [1.165, 1.54) is 11.6 Å². The molecule has 2 atom stereocenters. The van der Waals surface area contributed by atoms with Crippen molar-refractivity contribution in [2.24, 2.45) is 0 Å². The van der Waals surface area contributed by atoms with Crippen molar-refractivity contribution in [2.75, 3.05) is 0 Å². The Kier molecular flexibility index (Phi) is 8.55. The van der Waals surface area contributed by atoms with Crippen molar-refractivity contribution < 1.29 is 18.7 Å². The minimum Gasteiger partial charge on any atom is -0.489 e. The smallest absolute Gasteiger partial charge is 0.330 e. The average Bonchev–Trinajstić information content (AvgIpc) is 2.76. The number of benzene rings is 2. The van der Waals surface area contributed by atoms with E-state index < -0.39 is 8.32 Å². The van der Waals surface area contributed by atoms with Crippen molar-refractivity contribution in [2.45, 2.75) is 83.4 Å². The van der Waals surface area contributed by atoms with Gasteiger partial charge in [-0.15, -0.1) is 0 Å². The molecule has 178 valence electrons. The van der Waals surface area contributed by atoms with E-state index in [0.29, 0.717) is 6.61 Å². The fourth-order valence-corrected chi connectivity index (χ4v) is 5.05. The van der Waals surface area contributed by atoms with E-state index in [9.17, 15) is 4.79 Å². The van der Waals surface area contributed by atoms with Crippen LogP contribution in [0.4, 0.5) is 0 Å². The van der Waals surface area contributed by atoms with Crippen molar-refractivity contribution >= 4 is 14.3 Å². The second-order valence-electron chi connectivity index (χ2n) is 10.4. The van der Waals surface area contributed by atoms with Gasteiger partial charge in [0.05, 0.1) is 0 Å². The minimum absolute atomic E-state index is 0.0594. The summed E-state index contributed by atoms with van der Waals surface area (Å²) in [6.45, 7) is 11.9. The van der Waals surface area contributed by atoms with Gasteiger partial charge in [0.2, 0.25) is 0 Å². The van der Waals surface area contributed by atoms with Gasteiger partial charge in [0.1, 0.15) is 18.5 Å². The van der Waals surface area contributed by atoms with Crippen molar-refractivity contribution in [3.63, 3.8) is 0 Å². The Morgan fingerprint density at radius 1 is 1.03 bits per heavy atom. The van der Waals surface area contributed by atoms with E-state index in [4.69, 9.17) is 13.9 Å². The molecule has 0 spiro atoms. The summed E-state index contributed by atoms with van der Waals surface area (Å²) < 4.78 is 18.2. The van der Waals surface area contributed by atoms with Gasteiger partial charge >= 0.3 is 5.97 Å². The van der Waals surface area contributed by atoms with Gasteiger partial charge in [-0.2, -0.15) is 0 Å². The van der Waals surface area contributed by atoms with Crippen LogP contribution in [0.1, 0.15) is 51.2 Å². The highest BCUT2D eigenvalue weighted by Crippen LogP contribution is 2.38. The van der Waals surface area contributed by atoms with Crippen LogP contribution in [0.15, 0.2) is 66.7 Å². The molecule has 0 unspecified atom stereocenters. The summed E-state index contributed by atoms with van der Waals surface area (Å²) in [6, 6.07) is 18.5. The first-order chi connectivity index (χ1) is 15.6. The maximum atomic E-state index is 11.7. The third-order valence-electron chi connectivity index (χ3n) is 6.66. The molecular formula is C28H38O4Si. The zero-order valence-electron chi connectivity index (χ0n) is 20.7. The molecule has 2 aromatic carbocycles. The van der Waals surface area contributed by atoms with Gasteiger partial charge in [0.25, 0.3) is 0 Å². The number of carbonyl (C=O) groups is 1. The van der Waals surface area contributed by atoms with Crippen LogP contribution in [-0.4, -0.2) is 26.5 Å². The quantitative estimate of drug-likeness (QED) is 0.284. The predicted octanol–water partition coefficient (Wildman–Crippen LogP) is 6.85. The molecule has 4 nitrogen and oxygen atoms in total. The Morgan fingerprint density at radius 3 is 2.36 bits per heavy atom. The molecule has 3 rings (SSSR count). The lowest BCUT2D eigenvalue weighted by Gasteiger charge is -2.40. The van der Waals surface area contributed by atoms with Crippen LogP contribution in [-0.2, 0) is 27.0 Å². The summed E-state index contributed by atoms with van der Waals surface area (Å²) in [7, 11) is -1.94. The lowest BCUT2D eigenvalue weighted by molar-refractivity contribution is -0.145. The molecule has 0 amide bonds. The molecule has 0 radical (unpaired) electrons. The molecule has 0 bridgehead atoms. The van der Waals surface area contributed by atoms with E-state index in [0.717, 1.165) is 37.0 Å². The molecule has 0 saturated heterocycles. The number of cyclic esters (lactones) is 1. The maximum Gasteiger partial charge on any atom is 0.330 e. The van der Waals surface area contributed by atoms with Crippen LogP contribution in [0.25, 0.3) is 0 Å². The van der Waals surface area contributed by atoms with Crippen LogP contribution < -0.4 is 4.74 Å². The van der Waals surface area contributed by atoms with Crippen molar-refractivity contribution in [3.8, 4) is 5.75 Å². The molecule has 33 heavy (non-hydrogen) atoms. The standard InChI is InChI=1S/C28H38O4Si/c1-28(2,3)33(4,5)32-26(20-25-12-9-13-27(29)31-25)19-16-22-14-17-24(18-15-22)30-21-23-10-7-6-8-11-23/h6-11,13-15,17-18,25-26H,12,16,19-21H2,1-5H3/t25-,26+/m1/s1. The molecule has 0 saturated carbocycles. The normalized spacial score (nSPS) is 17.5. The highest BCUT2D eigenvalue weighted by atomic mass is 28.4. The Morgan fingerprint density at radius 2 is 1.73 bits per heavy atom. The predicted molar refractivity (Wildman–Crippen MR) is 136 cm³/mol. The van der Waals surface area contributed by atoms with Gasteiger partial charge in [-0.05, 0) is 54.2 Å². The molecule has 0 aliphatic carbocycles. The number of ether oxygens (including phenoxy) is 2. The highest BCUT2D eigenvalue weighted by Gasteiger charge is 2.39. The summed E-state index contributed by atoms with van der Waals surface area (Å²) in [5.74, 6) is 0.626. The molecule has 5 heteroatoms. The highest BCUT2D eigenvalue weighted by molar-refractivity contribution is 6.74. The summed E-state index contributed by atoms with van der Waals surface area (Å²) in [4.78, 5) is 11.7. The number of hydrogen-bond donors (Lipinski definition) is 0. The van der Waals surface area contributed by atoms with E-state index in [2.05, 4.69) is 58.1 Å². The lowest BCUT2D eigenvalue weighted by Crippen LogP contribution is -2.45. The monoisotopic (exact) mass is 466 g/mol. The Balaban J connectivity index is 1.59. The Bertz CT molecular complexity index is 913. The summed E-state index contributed by atoms with van der Waals surface area (Å²) in [6.07, 6.45) is 6.69. The summed E-state index contributed by atoms with van der Waals surface area (Å²) in [5.41, 5.74) is 2.41. The van der Waals surface area contributed by atoms with Gasteiger partial charge in [-0.1, -0.05) is 69.3 Å². The van der Waals surface area contributed by atoms with E-state index in [-0.39, 0.29) is 23.2 Å². The van der Waals surface area contributed by atoms with Crippen molar-refractivity contribution in [1.82, 2.24) is 0 Å². The molecule has 0 fully saturated rings. The first-order valence-corrected chi connectivity index (χ1v) is 14.8. The fourth-order valence-electron chi connectivity index (χ4n) is 3.64. The zero-order valence-corrected chi connectivity index (χ0v) is 21.7. The third-order valence-corrected chi connectivity index (χ3v) is 11.2. The van der Waals surface area contributed by atoms with Crippen LogP contribution in [0.3, 0.4) is 0 Å². The molecule has 1 heterocycles. The van der Waals surface area contributed by atoms with Crippen LogP contribution >= 0.6 is 0 Å². The van der Waals surface area contributed by atoms with Crippen LogP contribution in [0.2, 0.25) is 18.1 Å². The van der Waals surface area contributed by atoms with Gasteiger partial charge in [0, 0.05) is 25.0 Å². The fraction of sp³-hybridized carbons (Fsp3) is 0.464. The Labute approximate surface area is 200 Å². The van der Waals surface area contributed by atoms with Gasteiger partial charge in [-0.3, -0.25) is 0 Å². The van der Waals surface area contributed by atoms with Crippen LogP contribution in [0.5, 0.6) is 5.75 Å². The topological polar surface area (TPSA) is 44.8 Å². The van der Waals surface area contributed by atoms with E-state index in [1.54, 1.807) is 0 Å².